The van der Waals surface area contributed by atoms with Crippen LogP contribution >= 0.6 is 38.5 Å². The first-order chi connectivity index (χ1) is 15.2. The molecule has 0 radical (unpaired) electrons. The molecule has 0 aliphatic heterocycles. The van der Waals surface area contributed by atoms with E-state index in [1.54, 1.807) is 23.7 Å². The van der Waals surface area contributed by atoms with Crippen molar-refractivity contribution in [3.05, 3.63) is 55.4 Å². The summed E-state index contributed by atoms with van der Waals surface area (Å²) >= 11 is 5.59. The van der Waals surface area contributed by atoms with Crippen LogP contribution in [-0.2, 0) is 11.3 Å². The molecule has 0 aliphatic rings. The monoisotopic (exact) mass is 616 g/mol. The van der Waals surface area contributed by atoms with E-state index in [0.29, 0.717) is 18.1 Å². The van der Waals surface area contributed by atoms with E-state index in [4.69, 9.17) is 9.26 Å². The van der Waals surface area contributed by atoms with Gasteiger partial charge >= 0.3 is 11.8 Å². The third kappa shape index (κ3) is 6.28. The summed E-state index contributed by atoms with van der Waals surface area (Å²) in [6.07, 6.45) is -0.684. The van der Waals surface area contributed by atoms with Gasteiger partial charge in [-0.1, -0.05) is 27.2 Å². The van der Waals surface area contributed by atoms with Gasteiger partial charge in [-0.05, 0) is 61.6 Å². The molecule has 0 saturated carbocycles. The number of benzene rings is 1. The summed E-state index contributed by atoms with van der Waals surface area (Å²) in [6, 6.07) is 7.23. The highest BCUT2D eigenvalue weighted by atomic mass is 127. The maximum atomic E-state index is 12.2. The first-order valence-electron chi connectivity index (χ1n) is 9.75. The second-order valence-corrected chi connectivity index (χ2v) is 8.92. The lowest BCUT2D eigenvalue weighted by molar-refractivity contribution is -0.127. The minimum Gasteiger partial charge on any atom is -0.481 e. The third-order valence-corrected chi connectivity index (χ3v) is 6.49. The number of carbonyl (C=O) groups excluding carboxylic acids is 2. The molecular formula is C20H22BrIN6O4. The summed E-state index contributed by atoms with van der Waals surface area (Å²) in [5, 5.41) is 13.6. The van der Waals surface area contributed by atoms with Gasteiger partial charge < -0.3 is 19.9 Å². The maximum absolute atomic E-state index is 12.2. The van der Waals surface area contributed by atoms with Gasteiger partial charge in [-0.3, -0.25) is 14.3 Å². The number of ether oxygens (including phenoxy) is 1. The maximum Gasteiger partial charge on any atom is 0.316 e. The Bertz CT molecular complexity index is 1120. The topological polar surface area (TPSA) is 124 Å². The standard InChI is InChI=1S/C20H22BrIN6O4/c1-11-17(22)12(2)28(26-11)10-16-25-20(32-27-16)19(30)24-8-7-23-18(29)13(3)31-15-6-4-5-14(21)9-15/h4-6,9,13H,7-8,10H2,1-3H3,(H,23,29)(H,24,30). The quantitative estimate of drug-likeness (QED) is 0.280. The Balaban J connectivity index is 1.42. The molecule has 12 heteroatoms. The fourth-order valence-corrected chi connectivity index (χ4v) is 3.52. The molecule has 3 rings (SSSR count). The molecule has 2 heterocycles. The van der Waals surface area contributed by atoms with Crippen molar-refractivity contribution in [2.24, 2.45) is 0 Å². The van der Waals surface area contributed by atoms with E-state index < -0.39 is 12.0 Å². The average Bonchev–Trinajstić information content (AvgIpc) is 3.31. The molecule has 0 saturated heterocycles. The van der Waals surface area contributed by atoms with Gasteiger partial charge in [0.05, 0.1) is 9.26 Å². The van der Waals surface area contributed by atoms with E-state index in [0.717, 1.165) is 19.4 Å². The van der Waals surface area contributed by atoms with E-state index in [9.17, 15) is 9.59 Å². The van der Waals surface area contributed by atoms with Crippen molar-refractivity contribution < 1.29 is 18.8 Å². The number of hydrogen-bond acceptors (Lipinski definition) is 7. The number of aromatic nitrogens is 4. The van der Waals surface area contributed by atoms with Gasteiger partial charge in [0.1, 0.15) is 12.3 Å². The van der Waals surface area contributed by atoms with E-state index >= 15 is 0 Å². The van der Waals surface area contributed by atoms with Crippen molar-refractivity contribution in [1.29, 1.82) is 0 Å². The van der Waals surface area contributed by atoms with E-state index in [-0.39, 0.29) is 24.9 Å². The van der Waals surface area contributed by atoms with Crippen molar-refractivity contribution in [2.45, 2.75) is 33.4 Å². The van der Waals surface area contributed by atoms with Gasteiger partial charge in [-0.2, -0.15) is 10.1 Å². The van der Waals surface area contributed by atoms with Gasteiger partial charge in [0.25, 0.3) is 5.91 Å². The molecule has 32 heavy (non-hydrogen) atoms. The van der Waals surface area contributed by atoms with Crippen LogP contribution in [0.2, 0.25) is 0 Å². The van der Waals surface area contributed by atoms with Gasteiger partial charge in [-0.25, -0.2) is 0 Å². The van der Waals surface area contributed by atoms with Crippen LogP contribution in [0.4, 0.5) is 0 Å². The van der Waals surface area contributed by atoms with E-state index in [1.807, 2.05) is 26.0 Å². The second-order valence-electron chi connectivity index (χ2n) is 6.92. The van der Waals surface area contributed by atoms with Gasteiger partial charge in [0, 0.05) is 23.3 Å². The largest absolute Gasteiger partial charge is 0.481 e. The molecule has 0 bridgehead atoms. The lowest BCUT2D eigenvalue weighted by atomic mass is 10.3. The highest BCUT2D eigenvalue weighted by molar-refractivity contribution is 14.1. The minimum atomic E-state index is -0.684. The predicted octanol–water partition coefficient (Wildman–Crippen LogP) is 2.61. The van der Waals surface area contributed by atoms with Crippen molar-refractivity contribution in [3.63, 3.8) is 0 Å². The normalized spacial score (nSPS) is 11.8. The van der Waals surface area contributed by atoms with Gasteiger partial charge in [0.2, 0.25) is 0 Å². The number of hydrogen-bond donors (Lipinski definition) is 2. The van der Waals surface area contributed by atoms with Crippen molar-refractivity contribution in [2.75, 3.05) is 13.1 Å². The van der Waals surface area contributed by atoms with Crippen LogP contribution in [0.25, 0.3) is 0 Å². The first-order valence-corrected chi connectivity index (χ1v) is 11.6. The minimum absolute atomic E-state index is 0.145. The number of rotatable bonds is 9. The molecular weight excluding hydrogens is 595 g/mol. The van der Waals surface area contributed by atoms with Gasteiger partial charge in [-0.15, -0.1) is 0 Å². The fraction of sp³-hybridized carbons (Fsp3) is 0.350. The number of halogens is 2. The summed E-state index contributed by atoms with van der Waals surface area (Å²) in [7, 11) is 0. The van der Waals surface area contributed by atoms with Crippen LogP contribution < -0.4 is 15.4 Å². The Labute approximate surface area is 206 Å². The zero-order chi connectivity index (χ0) is 23.3. The zero-order valence-corrected chi connectivity index (χ0v) is 21.4. The SMILES string of the molecule is Cc1nn(Cc2noc(C(=O)NCCNC(=O)C(C)Oc3cccc(Br)c3)n2)c(C)c1I. The van der Waals surface area contributed by atoms with Crippen molar-refractivity contribution in [1.82, 2.24) is 30.6 Å². The van der Waals surface area contributed by atoms with Crippen molar-refractivity contribution in [3.8, 4) is 5.75 Å². The van der Waals surface area contributed by atoms with Crippen LogP contribution in [0.3, 0.4) is 0 Å². The molecule has 2 aromatic heterocycles. The van der Waals surface area contributed by atoms with E-state index in [1.165, 1.54) is 0 Å². The highest BCUT2D eigenvalue weighted by Gasteiger charge is 2.18. The Morgan fingerprint density at radius 2 is 2.03 bits per heavy atom. The van der Waals surface area contributed by atoms with Crippen LogP contribution in [0, 0.1) is 17.4 Å². The smallest absolute Gasteiger partial charge is 0.316 e. The summed E-state index contributed by atoms with van der Waals surface area (Å²) in [6.45, 7) is 6.25. The van der Waals surface area contributed by atoms with E-state index in [2.05, 4.69) is 64.4 Å². The van der Waals surface area contributed by atoms with Gasteiger partial charge in [0.15, 0.2) is 11.9 Å². The molecule has 3 aromatic rings. The zero-order valence-electron chi connectivity index (χ0n) is 17.7. The first kappa shape index (κ1) is 24.2. The summed E-state index contributed by atoms with van der Waals surface area (Å²) in [4.78, 5) is 28.5. The second kappa shape index (κ2) is 10.9. The Morgan fingerprint density at radius 1 is 1.28 bits per heavy atom. The molecule has 1 atom stereocenters. The molecule has 0 fully saturated rings. The molecule has 170 valence electrons. The summed E-state index contributed by atoms with van der Waals surface area (Å²) < 4.78 is 14.3. The number of nitrogens with one attached hydrogen (secondary N) is 2. The van der Waals surface area contributed by atoms with Crippen LogP contribution in [0.15, 0.2) is 33.3 Å². The average molecular weight is 617 g/mol. The Morgan fingerprint density at radius 3 is 2.72 bits per heavy atom. The lowest BCUT2D eigenvalue weighted by Gasteiger charge is -2.15. The molecule has 2 N–H and O–H groups in total. The number of aryl methyl sites for hydroxylation is 1. The summed E-state index contributed by atoms with van der Waals surface area (Å²) in [5.41, 5.74) is 1.91. The molecule has 10 nitrogen and oxygen atoms in total. The third-order valence-electron chi connectivity index (χ3n) is 4.43. The van der Waals surface area contributed by atoms with Crippen molar-refractivity contribution >= 4 is 50.3 Å². The van der Waals surface area contributed by atoms with Crippen LogP contribution in [0.5, 0.6) is 5.75 Å². The number of nitrogens with zero attached hydrogens (tertiary/aromatic N) is 4. The molecule has 1 aromatic carbocycles. The van der Waals surface area contributed by atoms with Crippen LogP contribution in [0.1, 0.15) is 34.8 Å². The fourth-order valence-electron chi connectivity index (χ4n) is 2.75. The lowest BCUT2D eigenvalue weighted by Crippen LogP contribution is -2.40. The highest BCUT2D eigenvalue weighted by Crippen LogP contribution is 2.19. The Hall–Kier alpha value is -2.48. The molecule has 0 aliphatic carbocycles. The Kier molecular flexibility index (Phi) is 8.23. The molecule has 1 unspecified atom stereocenters. The number of amides is 2. The molecule has 0 spiro atoms. The summed E-state index contributed by atoms with van der Waals surface area (Å²) in [5.74, 6) is -0.0196. The predicted molar refractivity (Wildman–Crippen MR) is 127 cm³/mol. The molecule has 2 amide bonds. The number of carbonyl (C=O) groups is 2. The van der Waals surface area contributed by atoms with Crippen LogP contribution in [-0.4, -0.2) is 50.9 Å².